The van der Waals surface area contributed by atoms with Gasteiger partial charge in [0.05, 0.1) is 13.7 Å². The molecule has 3 N–H and O–H groups in total. The summed E-state index contributed by atoms with van der Waals surface area (Å²) in [6.45, 7) is 3.54. The zero-order valence-electron chi connectivity index (χ0n) is 17.6. The molecule has 168 valence electrons. The van der Waals surface area contributed by atoms with Crippen LogP contribution in [0.5, 0.6) is 5.75 Å². The minimum absolute atomic E-state index is 0.000427. The first kappa shape index (κ1) is 22.9. The number of carbonyl (C=O) groups excluding carboxylic acids is 1. The van der Waals surface area contributed by atoms with Crippen molar-refractivity contribution in [3.8, 4) is 5.75 Å². The number of primary amides is 1. The van der Waals surface area contributed by atoms with Crippen LogP contribution in [0.25, 0.3) is 0 Å². The van der Waals surface area contributed by atoms with Gasteiger partial charge in [-0.2, -0.15) is 4.98 Å². The Morgan fingerprint density at radius 2 is 1.84 bits per heavy atom. The summed E-state index contributed by atoms with van der Waals surface area (Å²) in [5, 5.41) is 3.02. The summed E-state index contributed by atoms with van der Waals surface area (Å²) in [6.07, 6.45) is 1.81. The molecule has 3 aromatic rings. The monoisotopic (exact) mass is 446 g/mol. The lowest BCUT2D eigenvalue weighted by Gasteiger charge is -2.18. The van der Waals surface area contributed by atoms with Crippen LogP contribution in [0.15, 0.2) is 35.3 Å². The molecule has 2 aromatic carbocycles. The second-order valence-electron chi connectivity index (χ2n) is 7.11. The number of nitrogens with two attached hydrogens (primary N) is 1. The van der Waals surface area contributed by atoms with Crippen molar-refractivity contribution in [3.05, 3.63) is 80.5 Å². The number of carbonyl (C=O) groups is 1. The molecule has 0 unspecified atom stereocenters. The Bertz CT molecular complexity index is 1230. The highest BCUT2D eigenvalue weighted by molar-refractivity contribution is 5.92. The summed E-state index contributed by atoms with van der Waals surface area (Å²) in [5.41, 5.74) is 6.30. The molecular formula is C22H21F3N4O3. The number of hydrogen-bond donors (Lipinski definition) is 2. The van der Waals surface area contributed by atoms with Crippen LogP contribution in [0.1, 0.15) is 34.0 Å². The fourth-order valence-corrected chi connectivity index (χ4v) is 3.23. The molecule has 0 saturated heterocycles. The van der Waals surface area contributed by atoms with Crippen molar-refractivity contribution in [1.82, 2.24) is 9.55 Å². The maximum Gasteiger partial charge on any atom is 0.287 e. The summed E-state index contributed by atoms with van der Waals surface area (Å²) in [5.74, 6) is -4.63. The molecule has 0 radical (unpaired) electrons. The first-order chi connectivity index (χ1) is 15.1. The number of amides is 1. The topological polar surface area (TPSA) is 99.2 Å². The van der Waals surface area contributed by atoms with Gasteiger partial charge in [0, 0.05) is 11.9 Å². The Morgan fingerprint density at radius 1 is 1.19 bits per heavy atom. The molecule has 0 aliphatic carbocycles. The van der Waals surface area contributed by atoms with Crippen LogP contribution < -0.4 is 21.3 Å². The molecule has 1 heterocycles. The molecule has 1 aromatic heterocycles. The number of aromatic nitrogens is 2. The maximum atomic E-state index is 13.7. The van der Waals surface area contributed by atoms with E-state index in [0.29, 0.717) is 17.9 Å². The van der Waals surface area contributed by atoms with E-state index >= 15 is 0 Å². The van der Waals surface area contributed by atoms with Crippen LogP contribution in [-0.4, -0.2) is 22.6 Å². The molecule has 7 nitrogen and oxygen atoms in total. The standard InChI is InChI=1S/C22H21F3N4O3/c1-4-13-8-17(11(2)5-18(13)32-3)27-22-28-21(31)14(20(26)30)10-29(22)9-12-6-15(23)19(25)16(24)7-12/h5-8,10H,4,9H2,1-3H3,(H2,26,30)(H,27,28,31). The summed E-state index contributed by atoms with van der Waals surface area (Å²) < 4.78 is 47.3. The first-order valence-electron chi connectivity index (χ1n) is 9.63. The van der Waals surface area contributed by atoms with Crippen molar-refractivity contribution >= 4 is 17.5 Å². The second-order valence-corrected chi connectivity index (χ2v) is 7.11. The predicted molar refractivity (Wildman–Crippen MR) is 113 cm³/mol. The van der Waals surface area contributed by atoms with E-state index in [1.165, 1.54) is 4.57 Å². The molecular weight excluding hydrogens is 425 g/mol. The van der Waals surface area contributed by atoms with Crippen LogP contribution in [0, 0.1) is 24.4 Å². The van der Waals surface area contributed by atoms with Crippen LogP contribution in [0.4, 0.5) is 24.8 Å². The third-order valence-electron chi connectivity index (χ3n) is 4.91. The normalized spacial score (nSPS) is 10.8. The molecule has 1 amide bonds. The quantitative estimate of drug-likeness (QED) is 0.542. The number of ether oxygens (including phenoxy) is 1. The summed E-state index contributed by atoms with van der Waals surface area (Å²) in [7, 11) is 1.56. The van der Waals surface area contributed by atoms with Crippen molar-refractivity contribution in [3.63, 3.8) is 0 Å². The number of halogens is 3. The van der Waals surface area contributed by atoms with Gasteiger partial charge in [0.25, 0.3) is 11.5 Å². The Morgan fingerprint density at radius 3 is 2.41 bits per heavy atom. The fourth-order valence-electron chi connectivity index (χ4n) is 3.23. The average molecular weight is 446 g/mol. The van der Waals surface area contributed by atoms with Gasteiger partial charge in [-0.3, -0.25) is 9.59 Å². The van der Waals surface area contributed by atoms with E-state index in [1.54, 1.807) is 7.11 Å². The van der Waals surface area contributed by atoms with Gasteiger partial charge in [0.15, 0.2) is 17.5 Å². The molecule has 0 saturated carbocycles. The minimum atomic E-state index is -1.59. The van der Waals surface area contributed by atoms with Gasteiger partial charge in [-0.25, -0.2) is 13.2 Å². The Kier molecular flexibility index (Phi) is 6.52. The highest BCUT2D eigenvalue weighted by Gasteiger charge is 2.17. The van der Waals surface area contributed by atoms with E-state index in [4.69, 9.17) is 10.5 Å². The van der Waals surface area contributed by atoms with Gasteiger partial charge < -0.3 is 20.4 Å². The Hall–Kier alpha value is -3.82. The molecule has 3 rings (SSSR count). The van der Waals surface area contributed by atoms with Crippen molar-refractivity contribution in [2.24, 2.45) is 5.73 Å². The number of nitrogens with one attached hydrogen (secondary N) is 1. The zero-order chi connectivity index (χ0) is 23.6. The van der Waals surface area contributed by atoms with Crippen LogP contribution >= 0.6 is 0 Å². The molecule has 32 heavy (non-hydrogen) atoms. The number of aryl methyl sites for hydroxylation is 2. The lowest BCUT2D eigenvalue weighted by molar-refractivity contribution is 0.0998. The van der Waals surface area contributed by atoms with E-state index in [0.717, 1.165) is 29.5 Å². The molecule has 10 heteroatoms. The lowest BCUT2D eigenvalue weighted by atomic mass is 10.1. The van der Waals surface area contributed by atoms with E-state index in [-0.39, 0.29) is 18.1 Å². The van der Waals surface area contributed by atoms with Gasteiger partial charge >= 0.3 is 0 Å². The zero-order valence-corrected chi connectivity index (χ0v) is 17.6. The largest absolute Gasteiger partial charge is 0.496 e. The third kappa shape index (κ3) is 4.58. The minimum Gasteiger partial charge on any atom is -0.496 e. The highest BCUT2D eigenvalue weighted by atomic mass is 19.2. The smallest absolute Gasteiger partial charge is 0.287 e. The number of benzene rings is 2. The highest BCUT2D eigenvalue weighted by Crippen LogP contribution is 2.29. The maximum absolute atomic E-state index is 13.7. The van der Waals surface area contributed by atoms with Gasteiger partial charge in [-0.1, -0.05) is 6.92 Å². The molecule has 0 atom stereocenters. The van der Waals surface area contributed by atoms with E-state index < -0.39 is 34.5 Å². The average Bonchev–Trinajstić information content (AvgIpc) is 2.74. The number of methoxy groups -OCH3 is 1. The molecule has 0 bridgehead atoms. The summed E-state index contributed by atoms with van der Waals surface area (Å²) in [4.78, 5) is 27.8. The molecule has 0 fully saturated rings. The van der Waals surface area contributed by atoms with Gasteiger partial charge in [0.1, 0.15) is 11.3 Å². The Balaban J connectivity index is 2.11. The van der Waals surface area contributed by atoms with Crippen molar-refractivity contribution in [1.29, 1.82) is 0 Å². The van der Waals surface area contributed by atoms with E-state index in [2.05, 4.69) is 10.3 Å². The predicted octanol–water partition coefficient (Wildman–Crippen LogP) is 3.43. The van der Waals surface area contributed by atoms with Crippen LogP contribution in [0.3, 0.4) is 0 Å². The van der Waals surface area contributed by atoms with Crippen LogP contribution in [0.2, 0.25) is 0 Å². The van der Waals surface area contributed by atoms with Gasteiger partial charge in [-0.05, 0) is 54.3 Å². The van der Waals surface area contributed by atoms with E-state index in [9.17, 15) is 22.8 Å². The molecule has 0 aliphatic heterocycles. The number of anilines is 2. The Labute approximate surface area is 181 Å². The number of rotatable bonds is 7. The molecule has 0 spiro atoms. The fraction of sp³-hybridized carbons (Fsp3) is 0.227. The number of nitrogens with zero attached hydrogens (tertiary/aromatic N) is 2. The van der Waals surface area contributed by atoms with E-state index in [1.807, 2.05) is 26.0 Å². The lowest BCUT2D eigenvalue weighted by Crippen LogP contribution is -2.27. The van der Waals surface area contributed by atoms with Gasteiger partial charge in [0.2, 0.25) is 5.95 Å². The SMILES string of the molecule is CCc1cc(Nc2nc(=O)c(C(N)=O)cn2Cc2cc(F)c(F)c(F)c2)c(C)cc1OC. The first-order valence-corrected chi connectivity index (χ1v) is 9.63. The van der Waals surface area contributed by atoms with Crippen LogP contribution in [-0.2, 0) is 13.0 Å². The van der Waals surface area contributed by atoms with Gasteiger partial charge in [-0.15, -0.1) is 0 Å². The second kappa shape index (κ2) is 9.13. The van der Waals surface area contributed by atoms with Crippen molar-refractivity contribution < 1.29 is 22.7 Å². The molecule has 0 aliphatic rings. The third-order valence-corrected chi connectivity index (χ3v) is 4.91. The summed E-state index contributed by atoms with van der Waals surface area (Å²) in [6, 6.07) is 5.27. The number of hydrogen-bond acceptors (Lipinski definition) is 5. The summed E-state index contributed by atoms with van der Waals surface area (Å²) >= 11 is 0. The van der Waals surface area contributed by atoms with Crippen molar-refractivity contribution in [2.75, 3.05) is 12.4 Å². The van der Waals surface area contributed by atoms with Crippen molar-refractivity contribution in [2.45, 2.75) is 26.8 Å².